The van der Waals surface area contributed by atoms with Crippen LogP contribution in [0.2, 0.25) is 0 Å². The zero-order valence-electron chi connectivity index (χ0n) is 7.30. The molecule has 7 nitrogen and oxygen atoms in total. The van der Waals surface area contributed by atoms with Gasteiger partial charge >= 0.3 is 5.97 Å². The molecular formula is C6H8N2O5S. The first-order chi connectivity index (χ1) is 6.39. The maximum atomic E-state index is 11.1. The first-order valence-electron chi connectivity index (χ1n) is 3.60. The molecule has 1 heterocycles. The van der Waals surface area contributed by atoms with Crippen molar-refractivity contribution in [3.8, 4) is 0 Å². The van der Waals surface area contributed by atoms with E-state index in [4.69, 9.17) is 5.11 Å². The Hall–Kier alpha value is -1.44. The minimum Gasteiger partial charge on any atom is -0.480 e. The first-order valence-corrected chi connectivity index (χ1v) is 5.42. The molecule has 0 spiro atoms. The van der Waals surface area contributed by atoms with Crippen molar-refractivity contribution in [1.82, 2.24) is 10.1 Å². The molecule has 0 aliphatic heterocycles. The van der Waals surface area contributed by atoms with Gasteiger partial charge in [0.25, 0.3) is 0 Å². The molecule has 78 valence electrons. The summed E-state index contributed by atoms with van der Waals surface area (Å²) in [7, 11) is -3.71. The van der Waals surface area contributed by atoms with Crippen LogP contribution in [0.15, 0.2) is 4.52 Å². The third kappa shape index (κ3) is 3.13. The summed E-state index contributed by atoms with van der Waals surface area (Å²) < 4.78 is 26.8. The summed E-state index contributed by atoms with van der Waals surface area (Å²) in [4.78, 5) is 13.8. The third-order valence-corrected chi connectivity index (χ3v) is 2.65. The zero-order chi connectivity index (χ0) is 10.8. The number of aliphatic carboxylic acids is 1. The Kier molecular flexibility index (Phi) is 2.84. The fourth-order valence-corrected chi connectivity index (χ4v) is 1.82. The fourth-order valence-electron chi connectivity index (χ4n) is 0.836. The number of carboxylic acid groups (broad SMARTS) is 1. The van der Waals surface area contributed by atoms with Gasteiger partial charge in [0.2, 0.25) is 5.89 Å². The van der Waals surface area contributed by atoms with Crippen molar-refractivity contribution < 1.29 is 22.8 Å². The quantitative estimate of drug-likeness (QED) is 0.719. The van der Waals surface area contributed by atoms with Gasteiger partial charge in [-0.05, 0) is 0 Å². The normalized spacial score (nSPS) is 11.5. The molecule has 0 amide bonds. The van der Waals surface area contributed by atoms with Crippen LogP contribution in [0.3, 0.4) is 0 Å². The van der Waals surface area contributed by atoms with Gasteiger partial charge < -0.3 is 9.63 Å². The highest BCUT2D eigenvalue weighted by atomic mass is 32.2. The Labute approximate surface area is 79.7 Å². The lowest BCUT2D eigenvalue weighted by molar-refractivity contribution is -0.134. The molecule has 14 heavy (non-hydrogen) atoms. The average Bonchev–Trinajstić information content (AvgIpc) is 2.30. The van der Waals surface area contributed by atoms with Gasteiger partial charge in [-0.25, -0.2) is 8.42 Å². The van der Waals surface area contributed by atoms with E-state index < -0.39 is 27.3 Å². The highest BCUT2D eigenvalue weighted by Gasteiger charge is 2.19. The fraction of sp³-hybridized carbons (Fsp3) is 0.500. The standard InChI is InChI=1S/C6H8N2O5S/c1-4-7-5(8-13-4)2-14(11,12)3-6(9)10/h2-3H2,1H3,(H,9,10). The number of rotatable bonds is 4. The molecule has 0 aliphatic carbocycles. The van der Waals surface area contributed by atoms with Gasteiger partial charge in [0, 0.05) is 6.92 Å². The van der Waals surface area contributed by atoms with E-state index in [0.29, 0.717) is 0 Å². The molecular weight excluding hydrogens is 212 g/mol. The van der Waals surface area contributed by atoms with E-state index >= 15 is 0 Å². The van der Waals surface area contributed by atoms with Crippen LogP contribution in [0.25, 0.3) is 0 Å². The maximum absolute atomic E-state index is 11.1. The van der Waals surface area contributed by atoms with Crippen LogP contribution in [-0.2, 0) is 20.4 Å². The molecule has 0 unspecified atom stereocenters. The monoisotopic (exact) mass is 220 g/mol. The summed E-state index contributed by atoms with van der Waals surface area (Å²) in [5.74, 6) is -2.63. The average molecular weight is 220 g/mol. The van der Waals surface area contributed by atoms with Crippen LogP contribution in [0, 0.1) is 6.92 Å². The summed E-state index contributed by atoms with van der Waals surface area (Å²) in [5, 5.41) is 11.6. The topological polar surface area (TPSA) is 110 Å². The minimum absolute atomic E-state index is 0.0243. The Morgan fingerprint density at radius 2 is 2.21 bits per heavy atom. The van der Waals surface area contributed by atoms with Crippen LogP contribution in [0.4, 0.5) is 0 Å². The van der Waals surface area contributed by atoms with Crippen molar-refractivity contribution in [2.45, 2.75) is 12.7 Å². The molecule has 0 atom stereocenters. The van der Waals surface area contributed by atoms with Crippen LogP contribution >= 0.6 is 0 Å². The first kappa shape index (κ1) is 10.6. The van der Waals surface area contributed by atoms with Crippen molar-refractivity contribution in [2.75, 3.05) is 5.75 Å². The Morgan fingerprint density at radius 3 is 2.64 bits per heavy atom. The molecule has 0 saturated heterocycles. The Balaban J connectivity index is 2.73. The lowest BCUT2D eigenvalue weighted by Crippen LogP contribution is -2.17. The highest BCUT2D eigenvalue weighted by Crippen LogP contribution is 2.02. The van der Waals surface area contributed by atoms with E-state index in [1.807, 2.05) is 0 Å². The van der Waals surface area contributed by atoms with E-state index in [9.17, 15) is 13.2 Å². The van der Waals surface area contributed by atoms with Crippen molar-refractivity contribution >= 4 is 15.8 Å². The molecule has 0 fully saturated rings. The molecule has 1 aromatic heterocycles. The summed E-state index contributed by atoms with van der Waals surface area (Å²) in [6.45, 7) is 1.51. The van der Waals surface area contributed by atoms with Crippen molar-refractivity contribution in [3.05, 3.63) is 11.7 Å². The van der Waals surface area contributed by atoms with E-state index in [2.05, 4.69) is 14.7 Å². The number of carboxylic acids is 1. The minimum atomic E-state index is -3.71. The molecule has 0 bridgehead atoms. The molecule has 1 N–H and O–H groups in total. The summed E-state index contributed by atoms with van der Waals surface area (Å²) in [6, 6.07) is 0. The van der Waals surface area contributed by atoms with Gasteiger partial charge in [-0.1, -0.05) is 5.16 Å². The van der Waals surface area contributed by atoms with E-state index in [-0.39, 0.29) is 11.7 Å². The Bertz CT molecular complexity index is 435. The number of nitrogens with zero attached hydrogens (tertiary/aromatic N) is 2. The molecule has 1 rings (SSSR count). The predicted molar refractivity (Wildman–Crippen MR) is 44.2 cm³/mol. The van der Waals surface area contributed by atoms with Crippen LogP contribution in [0.1, 0.15) is 11.7 Å². The number of hydrogen-bond acceptors (Lipinski definition) is 6. The smallest absolute Gasteiger partial charge is 0.318 e. The molecule has 1 aromatic rings. The summed E-state index contributed by atoms with van der Waals surface area (Å²) in [6.07, 6.45) is 0. The second-order valence-corrected chi connectivity index (χ2v) is 4.72. The number of sulfone groups is 1. The van der Waals surface area contributed by atoms with Crippen molar-refractivity contribution in [3.63, 3.8) is 0 Å². The van der Waals surface area contributed by atoms with E-state index in [0.717, 1.165) is 0 Å². The lowest BCUT2D eigenvalue weighted by atomic mass is 10.7. The van der Waals surface area contributed by atoms with Gasteiger partial charge in [0.15, 0.2) is 15.7 Å². The van der Waals surface area contributed by atoms with Gasteiger partial charge in [0.05, 0.1) is 0 Å². The molecule has 8 heteroatoms. The van der Waals surface area contributed by atoms with Gasteiger partial charge in [-0.15, -0.1) is 0 Å². The molecule has 0 saturated carbocycles. The summed E-state index contributed by atoms with van der Waals surface area (Å²) in [5.41, 5.74) is 0. The molecule has 0 aromatic carbocycles. The van der Waals surface area contributed by atoms with Crippen LogP contribution in [0.5, 0.6) is 0 Å². The number of aryl methyl sites for hydroxylation is 1. The number of carbonyl (C=O) groups is 1. The predicted octanol–water partition coefficient (Wildman–Crippen LogP) is -0.623. The van der Waals surface area contributed by atoms with Gasteiger partial charge in [-0.3, -0.25) is 4.79 Å². The Morgan fingerprint density at radius 1 is 1.57 bits per heavy atom. The lowest BCUT2D eigenvalue weighted by Gasteiger charge is -1.95. The van der Waals surface area contributed by atoms with Crippen LogP contribution < -0.4 is 0 Å². The summed E-state index contributed by atoms with van der Waals surface area (Å²) >= 11 is 0. The molecule has 0 radical (unpaired) electrons. The van der Waals surface area contributed by atoms with E-state index in [1.165, 1.54) is 6.92 Å². The second-order valence-electron chi connectivity index (χ2n) is 2.66. The maximum Gasteiger partial charge on any atom is 0.318 e. The third-order valence-electron chi connectivity index (χ3n) is 1.26. The zero-order valence-corrected chi connectivity index (χ0v) is 8.11. The number of aromatic nitrogens is 2. The second kappa shape index (κ2) is 3.74. The molecule has 0 aliphatic rings. The van der Waals surface area contributed by atoms with Gasteiger partial charge in [0.1, 0.15) is 11.5 Å². The number of hydrogen-bond donors (Lipinski definition) is 1. The highest BCUT2D eigenvalue weighted by molar-refractivity contribution is 7.91. The van der Waals surface area contributed by atoms with Crippen LogP contribution in [-0.4, -0.2) is 35.4 Å². The SMILES string of the molecule is Cc1nc(CS(=O)(=O)CC(=O)O)no1. The van der Waals surface area contributed by atoms with E-state index in [1.54, 1.807) is 0 Å². The van der Waals surface area contributed by atoms with Gasteiger partial charge in [-0.2, -0.15) is 4.98 Å². The van der Waals surface area contributed by atoms with Crippen molar-refractivity contribution in [2.24, 2.45) is 0 Å². The van der Waals surface area contributed by atoms with Crippen molar-refractivity contribution in [1.29, 1.82) is 0 Å². The largest absolute Gasteiger partial charge is 0.480 e.